The van der Waals surface area contributed by atoms with E-state index in [1.165, 1.54) is 0 Å². The highest BCUT2D eigenvalue weighted by Gasteiger charge is 2.27. The highest BCUT2D eigenvalue weighted by Crippen LogP contribution is 2.08. The van der Waals surface area contributed by atoms with Crippen molar-refractivity contribution in [3.63, 3.8) is 0 Å². The molecule has 9 heteroatoms. The van der Waals surface area contributed by atoms with Crippen molar-refractivity contribution in [3.8, 4) is 0 Å². The first kappa shape index (κ1) is 10.3. The van der Waals surface area contributed by atoms with Gasteiger partial charge in [-0.25, -0.2) is 0 Å². The number of rotatable bonds is 4. The van der Waals surface area contributed by atoms with E-state index in [1.807, 2.05) is 0 Å². The molecule has 0 aromatic carbocycles. The Bertz CT molecular complexity index is 462. The van der Waals surface area contributed by atoms with Crippen LogP contribution in [-0.4, -0.2) is 33.3 Å². The summed E-state index contributed by atoms with van der Waals surface area (Å²) in [6.07, 6.45) is 1.92. The van der Waals surface area contributed by atoms with Crippen LogP contribution in [0.2, 0.25) is 0 Å². The summed E-state index contributed by atoms with van der Waals surface area (Å²) in [6.45, 7) is 3.22. The minimum Gasteiger partial charge on any atom is -0.390 e. The van der Waals surface area contributed by atoms with Crippen molar-refractivity contribution in [1.29, 1.82) is 0 Å². The largest absolute Gasteiger partial charge is 0.471 e. The summed E-state index contributed by atoms with van der Waals surface area (Å²) < 4.78 is 22.9. The Morgan fingerprint density at radius 1 is 1.71 bits per heavy atom. The molecule has 0 fully saturated rings. The van der Waals surface area contributed by atoms with Crippen molar-refractivity contribution < 1.29 is 13.3 Å². The molecule has 0 aliphatic rings. The van der Waals surface area contributed by atoms with E-state index in [2.05, 4.69) is 16.7 Å². The fraction of sp³-hybridized carbons (Fsp3) is 0.200. The second-order valence-corrected chi connectivity index (χ2v) is 4.07. The van der Waals surface area contributed by atoms with E-state index >= 15 is 0 Å². The first-order valence-corrected chi connectivity index (χ1v) is 4.98. The molecular formula is C5H6N4O4S. The highest BCUT2D eigenvalue weighted by atomic mass is 32.2. The van der Waals surface area contributed by atoms with E-state index in [1.54, 1.807) is 0 Å². The minimum absolute atomic E-state index is 0.272. The monoisotopic (exact) mass is 218 g/mol. The molecule has 0 atom stereocenters. The summed E-state index contributed by atoms with van der Waals surface area (Å²) in [5.41, 5.74) is 0. The van der Waals surface area contributed by atoms with Gasteiger partial charge in [0.2, 0.25) is 6.33 Å². The van der Waals surface area contributed by atoms with Crippen LogP contribution in [0.15, 0.2) is 19.0 Å². The van der Waals surface area contributed by atoms with E-state index in [9.17, 15) is 18.5 Å². The van der Waals surface area contributed by atoms with Crippen molar-refractivity contribution >= 4 is 16.0 Å². The molecule has 0 spiro atoms. The van der Waals surface area contributed by atoms with Gasteiger partial charge in [-0.1, -0.05) is 16.2 Å². The lowest BCUT2D eigenvalue weighted by molar-refractivity contribution is -0.395. The van der Waals surface area contributed by atoms with Crippen LogP contribution in [0, 0.1) is 10.1 Å². The van der Waals surface area contributed by atoms with Crippen LogP contribution >= 0.6 is 0 Å². The van der Waals surface area contributed by atoms with Gasteiger partial charge in [0.05, 0.1) is 0 Å². The van der Waals surface area contributed by atoms with Gasteiger partial charge < -0.3 is 10.1 Å². The average Bonchev–Trinajstić information content (AvgIpc) is 2.51. The summed E-state index contributed by atoms with van der Waals surface area (Å²) in [4.78, 5) is 12.6. The number of nitro groups is 1. The third kappa shape index (κ3) is 1.76. The third-order valence-electron chi connectivity index (χ3n) is 1.26. The SMILES string of the molecule is C=CCS(=O)(=O)n1ncnc1[N+](=O)[O-]. The maximum Gasteiger partial charge on any atom is 0.471 e. The highest BCUT2D eigenvalue weighted by molar-refractivity contribution is 7.90. The number of hydrogen-bond donors (Lipinski definition) is 0. The molecule has 0 unspecified atom stereocenters. The lowest BCUT2D eigenvalue weighted by atomic mass is 10.8. The summed E-state index contributed by atoms with van der Waals surface area (Å²) in [5, 5.41) is 13.6. The molecule has 1 aromatic rings. The van der Waals surface area contributed by atoms with E-state index in [4.69, 9.17) is 0 Å². The standard InChI is InChI=1S/C5H6N4O4S/c1-2-3-14(12,13)8-5(9(10)11)6-4-7-8/h2,4H,1,3H2. The summed E-state index contributed by atoms with van der Waals surface area (Å²) in [7, 11) is -3.86. The second kappa shape index (κ2) is 3.54. The van der Waals surface area contributed by atoms with Crippen molar-refractivity contribution in [2.24, 2.45) is 0 Å². The zero-order chi connectivity index (χ0) is 10.8. The Morgan fingerprint density at radius 2 is 2.36 bits per heavy atom. The van der Waals surface area contributed by atoms with Crippen LogP contribution in [-0.2, 0) is 10.0 Å². The first-order chi connectivity index (χ1) is 6.49. The van der Waals surface area contributed by atoms with E-state index in [-0.39, 0.29) is 4.09 Å². The third-order valence-corrected chi connectivity index (χ3v) is 2.70. The molecule has 76 valence electrons. The lowest BCUT2D eigenvalue weighted by Gasteiger charge is -1.97. The predicted octanol–water partition coefficient (Wildman–Crippen LogP) is -0.450. The number of aromatic nitrogens is 3. The normalized spacial score (nSPS) is 11.1. The van der Waals surface area contributed by atoms with E-state index in [0.717, 1.165) is 12.4 Å². The van der Waals surface area contributed by atoms with Crippen molar-refractivity contribution in [2.45, 2.75) is 0 Å². The molecule has 0 aliphatic carbocycles. The van der Waals surface area contributed by atoms with Gasteiger partial charge in [0, 0.05) is 0 Å². The maximum atomic E-state index is 11.3. The molecule has 8 nitrogen and oxygen atoms in total. The Hall–Kier alpha value is -1.77. The Balaban J connectivity index is 3.26. The van der Waals surface area contributed by atoms with Crippen LogP contribution < -0.4 is 0 Å². The van der Waals surface area contributed by atoms with Crippen LogP contribution in [0.4, 0.5) is 5.95 Å². The molecule has 0 amide bonds. The van der Waals surface area contributed by atoms with Gasteiger partial charge >= 0.3 is 16.0 Å². The number of hydrogen-bond acceptors (Lipinski definition) is 6. The molecule has 14 heavy (non-hydrogen) atoms. The van der Waals surface area contributed by atoms with E-state index < -0.39 is 26.6 Å². The first-order valence-electron chi connectivity index (χ1n) is 3.37. The van der Waals surface area contributed by atoms with Gasteiger partial charge in [0.1, 0.15) is 5.75 Å². The van der Waals surface area contributed by atoms with Crippen LogP contribution in [0.1, 0.15) is 0 Å². The smallest absolute Gasteiger partial charge is 0.390 e. The molecule has 0 saturated carbocycles. The molecular weight excluding hydrogens is 212 g/mol. The van der Waals surface area contributed by atoms with E-state index in [0.29, 0.717) is 0 Å². The topological polar surface area (TPSA) is 108 Å². The Morgan fingerprint density at radius 3 is 2.86 bits per heavy atom. The van der Waals surface area contributed by atoms with Gasteiger partial charge in [0.25, 0.3) is 0 Å². The molecule has 1 heterocycles. The Labute approximate surface area is 79.1 Å². The van der Waals surface area contributed by atoms with Crippen LogP contribution in [0.5, 0.6) is 0 Å². The fourth-order valence-corrected chi connectivity index (χ4v) is 1.75. The van der Waals surface area contributed by atoms with Gasteiger partial charge in [0.15, 0.2) is 0 Å². The molecule has 0 N–H and O–H groups in total. The van der Waals surface area contributed by atoms with Crippen molar-refractivity contribution in [2.75, 3.05) is 5.75 Å². The molecule has 1 rings (SSSR count). The number of nitrogens with zero attached hydrogens (tertiary/aromatic N) is 4. The maximum absolute atomic E-state index is 11.3. The predicted molar refractivity (Wildman–Crippen MR) is 46.1 cm³/mol. The quantitative estimate of drug-likeness (QED) is 0.384. The van der Waals surface area contributed by atoms with Gasteiger partial charge in [-0.2, -0.15) is 8.42 Å². The lowest BCUT2D eigenvalue weighted by Crippen LogP contribution is -2.18. The van der Waals surface area contributed by atoms with Crippen molar-refractivity contribution in [3.05, 3.63) is 29.1 Å². The average molecular weight is 218 g/mol. The van der Waals surface area contributed by atoms with Gasteiger partial charge in [-0.3, -0.25) is 0 Å². The molecule has 0 radical (unpaired) electrons. The molecule has 0 saturated heterocycles. The molecule has 0 bridgehead atoms. The van der Waals surface area contributed by atoms with Gasteiger partial charge in [-0.15, -0.1) is 6.58 Å². The summed E-state index contributed by atoms with van der Waals surface area (Å²) >= 11 is 0. The fourth-order valence-electron chi connectivity index (χ4n) is 0.758. The van der Waals surface area contributed by atoms with Gasteiger partial charge in [-0.05, 0) is 9.01 Å². The van der Waals surface area contributed by atoms with Crippen molar-refractivity contribution in [1.82, 2.24) is 14.2 Å². The zero-order valence-electron chi connectivity index (χ0n) is 6.90. The van der Waals surface area contributed by atoms with Crippen LogP contribution in [0.3, 0.4) is 0 Å². The molecule has 1 aromatic heterocycles. The summed E-state index contributed by atoms with van der Waals surface area (Å²) in [5.74, 6) is -1.26. The second-order valence-electron chi connectivity index (χ2n) is 2.23. The molecule has 0 aliphatic heterocycles. The Kier molecular flexibility index (Phi) is 2.60. The summed E-state index contributed by atoms with van der Waals surface area (Å²) in [6, 6.07) is 0. The zero-order valence-corrected chi connectivity index (χ0v) is 7.72. The van der Waals surface area contributed by atoms with Crippen LogP contribution in [0.25, 0.3) is 0 Å². The minimum atomic E-state index is -3.86.